The third-order valence-electron chi connectivity index (χ3n) is 3.64. The zero-order valence-electron chi connectivity index (χ0n) is 15.2. The average Bonchev–Trinajstić information content (AvgIpc) is 3.14. The quantitative estimate of drug-likeness (QED) is 0.513. The van der Waals surface area contributed by atoms with Gasteiger partial charge in [0.1, 0.15) is 0 Å². The summed E-state index contributed by atoms with van der Waals surface area (Å²) in [7, 11) is 0. The number of imidazole rings is 1. The van der Waals surface area contributed by atoms with Gasteiger partial charge < -0.3 is 19.9 Å². The Morgan fingerprint density at radius 3 is 2.84 bits per heavy atom. The summed E-state index contributed by atoms with van der Waals surface area (Å²) in [6.07, 6.45) is 5.56. The lowest BCUT2D eigenvalue weighted by atomic mass is 10.2. The fraction of sp³-hybridized carbons (Fsp3) is 0.474. The van der Waals surface area contributed by atoms with Gasteiger partial charge >= 0.3 is 0 Å². The van der Waals surface area contributed by atoms with Crippen LogP contribution in [0.15, 0.2) is 54.0 Å². The second-order valence-corrected chi connectivity index (χ2v) is 6.05. The Labute approximate surface area is 150 Å². The number of ether oxygens (including phenoxy) is 1. The largest absolute Gasteiger partial charge is 0.376 e. The molecule has 0 amide bonds. The van der Waals surface area contributed by atoms with E-state index >= 15 is 0 Å². The molecule has 136 valence electrons. The number of aromatic nitrogens is 2. The third-order valence-corrected chi connectivity index (χ3v) is 3.64. The molecule has 1 heterocycles. The molecule has 2 aromatic rings. The van der Waals surface area contributed by atoms with Crippen LogP contribution in [0.4, 0.5) is 0 Å². The molecule has 2 rings (SSSR count). The number of hydrogen-bond acceptors (Lipinski definition) is 3. The molecule has 0 spiro atoms. The van der Waals surface area contributed by atoms with Gasteiger partial charge in [0.15, 0.2) is 5.96 Å². The molecule has 0 fully saturated rings. The maximum Gasteiger partial charge on any atom is 0.191 e. The minimum atomic E-state index is 0.368. The highest BCUT2D eigenvalue weighted by Crippen LogP contribution is 2.03. The van der Waals surface area contributed by atoms with Crippen LogP contribution >= 0.6 is 0 Å². The van der Waals surface area contributed by atoms with Crippen molar-refractivity contribution in [1.29, 1.82) is 0 Å². The van der Waals surface area contributed by atoms with Crippen LogP contribution in [0.3, 0.4) is 0 Å². The molecule has 0 aliphatic rings. The fourth-order valence-electron chi connectivity index (χ4n) is 2.32. The molecule has 0 aliphatic heterocycles. The van der Waals surface area contributed by atoms with Crippen molar-refractivity contribution in [3.8, 4) is 0 Å². The van der Waals surface area contributed by atoms with E-state index in [1.807, 2.05) is 35.3 Å². The van der Waals surface area contributed by atoms with Crippen LogP contribution in [0.1, 0.15) is 19.4 Å². The predicted octanol–water partition coefficient (Wildman–Crippen LogP) is 2.29. The van der Waals surface area contributed by atoms with Crippen molar-refractivity contribution < 1.29 is 4.74 Å². The minimum absolute atomic E-state index is 0.368. The summed E-state index contributed by atoms with van der Waals surface area (Å²) in [5.41, 5.74) is 1.20. The molecule has 0 bridgehead atoms. The molecule has 0 aliphatic carbocycles. The molecular formula is C19H29N5O. The summed E-state index contributed by atoms with van der Waals surface area (Å²) in [5.74, 6) is 1.21. The van der Waals surface area contributed by atoms with Gasteiger partial charge in [-0.3, -0.25) is 4.99 Å². The Kier molecular flexibility index (Phi) is 8.55. The first kappa shape index (κ1) is 19.0. The number of benzene rings is 1. The second kappa shape index (κ2) is 11.3. The molecule has 1 atom stereocenters. The van der Waals surface area contributed by atoms with Crippen molar-refractivity contribution in [2.45, 2.75) is 27.0 Å². The lowest BCUT2D eigenvalue weighted by molar-refractivity contribution is 0.0945. The number of aliphatic imine (C=N–C) groups is 1. The molecule has 0 radical (unpaired) electrons. The number of rotatable bonds is 10. The summed E-state index contributed by atoms with van der Waals surface area (Å²) >= 11 is 0. The number of guanidine groups is 1. The molecule has 1 unspecified atom stereocenters. The molecule has 2 N–H and O–H groups in total. The lowest BCUT2D eigenvalue weighted by Gasteiger charge is -2.14. The van der Waals surface area contributed by atoms with Crippen LogP contribution in [-0.2, 0) is 17.9 Å². The smallest absolute Gasteiger partial charge is 0.191 e. The molecule has 1 aromatic heterocycles. The van der Waals surface area contributed by atoms with E-state index in [1.165, 1.54) is 5.56 Å². The van der Waals surface area contributed by atoms with E-state index in [9.17, 15) is 0 Å². The molecule has 25 heavy (non-hydrogen) atoms. The van der Waals surface area contributed by atoms with Crippen molar-refractivity contribution >= 4 is 5.96 Å². The van der Waals surface area contributed by atoms with Crippen molar-refractivity contribution in [3.05, 3.63) is 54.6 Å². The van der Waals surface area contributed by atoms with E-state index in [0.717, 1.165) is 32.1 Å². The Morgan fingerprint density at radius 2 is 2.12 bits per heavy atom. The fourth-order valence-corrected chi connectivity index (χ4v) is 2.32. The minimum Gasteiger partial charge on any atom is -0.376 e. The highest BCUT2D eigenvalue weighted by atomic mass is 16.5. The van der Waals surface area contributed by atoms with Gasteiger partial charge in [-0.25, -0.2) is 4.98 Å². The zero-order valence-corrected chi connectivity index (χ0v) is 15.2. The van der Waals surface area contributed by atoms with E-state index in [0.29, 0.717) is 19.1 Å². The van der Waals surface area contributed by atoms with Gasteiger partial charge in [0, 0.05) is 38.6 Å². The van der Waals surface area contributed by atoms with Crippen LogP contribution in [0, 0.1) is 5.92 Å². The van der Waals surface area contributed by atoms with Crippen LogP contribution in [0.25, 0.3) is 0 Å². The Bertz CT molecular complexity index is 598. The van der Waals surface area contributed by atoms with E-state index in [4.69, 9.17) is 4.74 Å². The molecular weight excluding hydrogens is 314 g/mol. The standard InChI is InChI=1S/C19H29N5O/c1-3-21-19(22-10-12-24-11-9-20-16-24)23-13-17(2)14-25-15-18-7-5-4-6-8-18/h4-9,11,16-17H,3,10,12-15H2,1-2H3,(H2,21,22,23). The highest BCUT2D eigenvalue weighted by molar-refractivity contribution is 5.79. The van der Waals surface area contributed by atoms with Crippen molar-refractivity contribution in [1.82, 2.24) is 20.2 Å². The summed E-state index contributed by atoms with van der Waals surface area (Å²) in [4.78, 5) is 8.69. The Balaban J connectivity index is 1.67. The van der Waals surface area contributed by atoms with Crippen LogP contribution in [0.5, 0.6) is 0 Å². The van der Waals surface area contributed by atoms with Crippen LogP contribution < -0.4 is 10.6 Å². The van der Waals surface area contributed by atoms with Gasteiger partial charge in [-0.1, -0.05) is 37.3 Å². The lowest BCUT2D eigenvalue weighted by Crippen LogP contribution is -2.39. The Hall–Kier alpha value is -2.34. The number of hydrogen-bond donors (Lipinski definition) is 2. The van der Waals surface area contributed by atoms with E-state index in [2.05, 4.69) is 46.6 Å². The first-order valence-corrected chi connectivity index (χ1v) is 8.87. The van der Waals surface area contributed by atoms with Crippen LogP contribution in [0.2, 0.25) is 0 Å². The SMILES string of the molecule is CCNC(=NCC(C)COCc1ccccc1)NCCn1ccnc1. The summed E-state index contributed by atoms with van der Waals surface area (Å²) in [5, 5.41) is 6.62. The van der Waals surface area contributed by atoms with Gasteiger partial charge in [-0.2, -0.15) is 0 Å². The second-order valence-electron chi connectivity index (χ2n) is 6.05. The number of nitrogens with zero attached hydrogens (tertiary/aromatic N) is 3. The monoisotopic (exact) mass is 343 g/mol. The molecule has 6 heteroatoms. The predicted molar refractivity (Wildman–Crippen MR) is 101 cm³/mol. The van der Waals surface area contributed by atoms with Gasteiger partial charge in [0.05, 0.1) is 19.5 Å². The number of nitrogens with one attached hydrogen (secondary N) is 2. The Morgan fingerprint density at radius 1 is 1.28 bits per heavy atom. The molecule has 1 aromatic carbocycles. The molecule has 6 nitrogen and oxygen atoms in total. The zero-order chi connectivity index (χ0) is 17.7. The first-order chi connectivity index (χ1) is 12.3. The van der Waals surface area contributed by atoms with Gasteiger partial charge in [-0.05, 0) is 18.4 Å². The third kappa shape index (κ3) is 7.85. The first-order valence-electron chi connectivity index (χ1n) is 8.87. The topological polar surface area (TPSA) is 63.5 Å². The van der Waals surface area contributed by atoms with Crippen molar-refractivity contribution in [2.75, 3.05) is 26.2 Å². The highest BCUT2D eigenvalue weighted by Gasteiger charge is 2.04. The van der Waals surface area contributed by atoms with Crippen molar-refractivity contribution in [3.63, 3.8) is 0 Å². The maximum atomic E-state index is 5.78. The van der Waals surface area contributed by atoms with Crippen LogP contribution in [-0.4, -0.2) is 41.8 Å². The average molecular weight is 343 g/mol. The molecule has 0 saturated carbocycles. The van der Waals surface area contributed by atoms with E-state index < -0.39 is 0 Å². The van der Waals surface area contributed by atoms with Crippen molar-refractivity contribution in [2.24, 2.45) is 10.9 Å². The van der Waals surface area contributed by atoms with E-state index in [-0.39, 0.29) is 0 Å². The maximum absolute atomic E-state index is 5.78. The van der Waals surface area contributed by atoms with Gasteiger partial charge in [0.25, 0.3) is 0 Å². The van der Waals surface area contributed by atoms with Gasteiger partial charge in [0.2, 0.25) is 0 Å². The van der Waals surface area contributed by atoms with E-state index in [1.54, 1.807) is 6.20 Å². The summed E-state index contributed by atoms with van der Waals surface area (Å²) in [6.45, 7) is 8.82. The summed E-state index contributed by atoms with van der Waals surface area (Å²) < 4.78 is 7.82. The molecule has 0 saturated heterocycles. The summed E-state index contributed by atoms with van der Waals surface area (Å²) in [6, 6.07) is 10.2. The van der Waals surface area contributed by atoms with Gasteiger partial charge in [-0.15, -0.1) is 0 Å². The normalized spacial score (nSPS) is 12.8.